The summed E-state index contributed by atoms with van der Waals surface area (Å²) in [6.07, 6.45) is 7.46. The molecule has 15 nitrogen and oxygen atoms in total. The number of carbonyl (C=O) groups excluding carboxylic acids is 3. The van der Waals surface area contributed by atoms with Crippen molar-refractivity contribution in [3.8, 4) is 0 Å². The molecule has 0 fully saturated rings. The van der Waals surface area contributed by atoms with Crippen molar-refractivity contribution in [2.24, 2.45) is 22.2 Å². The van der Waals surface area contributed by atoms with Gasteiger partial charge in [0, 0.05) is 48.4 Å². The molecule has 4 atom stereocenters. The van der Waals surface area contributed by atoms with Gasteiger partial charge in [0.05, 0.1) is 12.4 Å². The fourth-order valence-corrected chi connectivity index (χ4v) is 5.01. The molecule has 1 aromatic carbocycles. The van der Waals surface area contributed by atoms with Gasteiger partial charge >= 0.3 is 5.97 Å². The normalized spacial score (nSPS) is 13.8. The number of benzene rings is 1. The van der Waals surface area contributed by atoms with Crippen LogP contribution in [-0.4, -0.2) is 92.4 Å². The molecular weight excluding hydrogens is 588 g/mol. The number of aromatic amines is 2. The lowest BCUT2D eigenvalue weighted by Crippen LogP contribution is -2.58. The van der Waals surface area contributed by atoms with Gasteiger partial charge in [0.1, 0.15) is 18.1 Å². The lowest BCUT2D eigenvalue weighted by atomic mass is 10.0. The van der Waals surface area contributed by atoms with E-state index in [4.69, 9.17) is 17.2 Å². The number of H-pyrrole nitrogens is 2. The van der Waals surface area contributed by atoms with Crippen LogP contribution in [0, 0.1) is 0 Å². The molecule has 3 rings (SSSR count). The Morgan fingerprint density at radius 2 is 1.66 bits per heavy atom. The Morgan fingerprint density at radius 1 is 0.977 bits per heavy atom. The number of nitrogens with two attached hydrogens (primary N) is 3. The number of hydrogen-bond donors (Lipinski definition) is 9. The Hall–Kier alpha value is -4.57. The smallest absolute Gasteiger partial charge is 0.326 e. The number of nitrogens with zero attached hydrogens (tertiary/aromatic N) is 2. The molecule has 44 heavy (non-hydrogen) atoms. The summed E-state index contributed by atoms with van der Waals surface area (Å²) < 4.78 is 0. The molecular formula is C28H40N10O5S. The van der Waals surface area contributed by atoms with E-state index in [0.717, 1.165) is 16.5 Å². The highest BCUT2D eigenvalue weighted by molar-refractivity contribution is 7.98. The number of amides is 3. The van der Waals surface area contributed by atoms with Crippen LogP contribution in [0.4, 0.5) is 0 Å². The number of aliphatic imine (C=N–C) groups is 1. The summed E-state index contributed by atoms with van der Waals surface area (Å²) in [5.74, 6) is -2.57. The zero-order valence-electron chi connectivity index (χ0n) is 24.4. The molecule has 0 radical (unpaired) electrons. The first kappa shape index (κ1) is 33.9. The van der Waals surface area contributed by atoms with E-state index >= 15 is 0 Å². The molecule has 238 valence electrons. The molecule has 0 bridgehead atoms. The van der Waals surface area contributed by atoms with Gasteiger partial charge in [-0.25, -0.2) is 9.78 Å². The van der Waals surface area contributed by atoms with E-state index in [0.29, 0.717) is 24.3 Å². The van der Waals surface area contributed by atoms with Crippen LogP contribution in [0.3, 0.4) is 0 Å². The quantitative estimate of drug-likeness (QED) is 0.0488. The molecule has 0 spiro atoms. The average Bonchev–Trinajstić information content (AvgIpc) is 3.66. The predicted molar refractivity (Wildman–Crippen MR) is 169 cm³/mol. The Morgan fingerprint density at radius 3 is 2.32 bits per heavy atom. The number of guanidine groups is 1. The number of fused-ring (bicyclic) bond motifs is 1. The molecule has 2 aromatic heterocycles. The molecule has 4 unspecified atom stereocenters. The van der Waals surface area contributed by atoms with Crippen molar-refractivity contribution < 1.29 is 24.3 Å². The topological polar surface area (TPSA) is 259 Å². The number of aliphatic carboxylic acids is 1. The van der Waals surface area contributed by atoms with Gasteiger partial charge in [0.2, 0.25) is 17.7 Å². The summed E-state index contributed by atoms with van der Waals surface area (Å²) in [5, 5.41) is 18.6. The second-order valence-corrected chi connectivity index (χ2v) is 11.2. The Balaban J connectivity index is 1.84. The van der Waals surface area contributed by atoms with E-state index in [-0.39, 0.29) is 31.8 Å². The molecule has 2 heterocycles. The first-order chi connectivity index (χ1) is 21.1. The molecule has 3 aromatic rings. The monoisotopic (exact) mass is 628 g/mol. The van der Waals surface area contributed by atoms with Crippen molar-refractivity contribution in [2.75, 3.05) is 18.6 Å². The van der Waals surface area contributed by atoms with Gasteiger partial charge in [0.25, 0.3) is 0 Å². The number of para-hydroxylation sites is 1. The maximum atomic E-state index is 13.7. The van der Waals surface area contributed by atoms with Crippen molar-refractivity contribution in [3.63, 3.8) is 0 Å². The van der Waals surface area contributed by atoms with Crippen LogP contribution in [0.2, 0.25) is 0 Å². The van der Waals surface area contributed by atoms with Gasteiger partial charge in [-0.3, -0.25) is 19.4 Å². The van der Waals surface area contributed by atoms with Crippen LogP contribution in [0.25, 0.3) is 10.9 Å². The van der Waals surface area contributed by atoms with E-state index in [1.807, 2.05) is 30.5 Å². The van der Waals surface area contributed by atoms with Crippen molar-refractivity contribution in [3.05, 3.63) is 54.2 Å². The molecule has 12 N–H and O–H groups in total. The van der Waals surface area contributed by atoms with Gasteiger partial charge in [-0.1, -0.05) is 18.2 Å². The van der Waals surface area contributed by atoms with Gasteiger partial charge in [-0.05, 0) is 42.9 Å². The lowest BCUT2D eigenvalue weighted by Gasteiger charge is -2.25. The van der Waals surface area contributed by atoms with Crippen molar-refractivity contribution in [1.29, 1.82) is 0 Å². The second kappa shape index (κ2) is 16.9. The highest BCUT2D eigenvalue weighted by atomic mass is 32.2. The number of carbonyl (C=O) groups is 4. The van der Waals surface area contributed by atoms with Crippen molar-refractivity contribution >= 4 is 52.3 Å². The van der Waals surface area contributed by atoms with Crippen LogP contribution in [0.5, 0.6) is 0 Å². The predicted octanol–water partition coefficient (Wildman–Crippen LogP) is -0.651. The fraction of sp³-hybridized carbons (Fsp3) is 0.429. The van der Waals surface area contributed by atoms with Crippen LogP contribution < -0.4 is 33.2 Å². The standard InChI is InChI=1S/C28H40N10O5S/c1-44-10-8-19(29)24(39)37-23(12-17-14-32-15-35-17)26(41)38-22(11-16-13-34-20-6-3-2-5-18(16)20)25(40)36-21(27(42)43)7-4-9-33-28(30)31/h2-3,5-6,13-15,19,21-23,34H,4,7-12,29H2,1H3,(H,32,35)(H,36,40)(H,37,39)(H,38,41)(H,42,43)(H4,30,31,33). The number of imidazole rings is 1. The summed E-state index contributed by atoms with van der Waals surface area (Å²) >= 11 is 1.55. The first-order valence-electron chi connectivity index (χ1n) is 14.0. The summed E-state index contributed by atoms with van der Waals surface area (Å²) in [6, 6.07) is 3.08. The minimum atomic E-state index is -1.26. The summed E-state index contributed by atoms with van der Waals surface area (Å²) in [6.45, 7) is 0.186. The van der Waals surface area contributed by atoms with Crippen molar-refractivity contribution in [1.82, 2.24) is 30.9 Å². The Bertz CT molecular complexity index is 1420. The first-order valence-corrected chi connectivity index (χ1v) is 15.4. The SMILES string of the molecule is CSCCC(N)C(=O)NC(Cc1cnc[nH]1)C(=O)NC(Cc1c[nH]c2ccccc12)C(=O)NC(CCCN=C(N)N)C(=O)O. The van der Waals surface area contributed by atoms with E-state index in [2.05, 4.69) is 35.9 Å². The molecule has 0 saturated carbocycles. The van der Waals surface area contributed by atoms with Crippen LogP contribution in [0.1, 0.15) is 30.5 Å². The Kier molecular flexibility index (Phi) is 13.0. The highest BCUT2D eigenvalue weighted by Gasteiger charge is 2.31. The third-order valence-corrected chi connectivity index (χ3v) is 7.52. The highest BCUT2D eigenvalue weighted by Crippen LogP contribution is 2.19. The number of thioether (sulfide) groups is 1. The maximum absolute atomic E-state index is 13.7. The van der Waals surface area contributed by atoms with Crippen LogP contribution in [-0.2, 0) is 32.0 Å². The average molecular weight is 629 g/mol. The van der Waals surface area contributed by atoms with E-state index in [1.54, 1.807) is 18.0 Å². The molecule has 0 saturated heterocycles. The lowest BCUT2D eigenvalue weighted by molar-refractivity contribution is -0.142. The minimum absolute atomic E-state index is 0.0416. The summed E-state index contributed by atoms with van der Waals surface area (Å²) in [4.78, 5) is 66.0. The van der Waals surface area contributed by atoms with Crippen LogP contribution >= 0.6 is 11.8 Å². The fourth-order valence-electron chi connectivity index (χ4n) is 4.52. The molecule has 16 heteroatoms. The molecule has 0 aliphatic carbocycles. The third-order valence-electron chi connectivity index (χ3n) is 6.87. The number of nitrogens with one attached hydrogen (secondary N) is 5. The van der Waals surface area contributed by atoms with Gasteiger partial charge in [-0.15, -0.1) is 0 Å². The van der Waals surface area contributed by atoms with Gasteiger partial charge in [0.15, 0.2) is 5.96 Å². The van der Waals surface area contributed by atoms with E-state index in [9.17, 15) is 24.3 Å². The van der Waals surface area contributed by atoms with Gasteiger partial charge in [-0.2, -0.15) is 11.8 Å². The number of rotatable bonds is 18. The van der Waals surface area contributed by atoms with Crippen molar-refractivity contribution in [2.45, 2.75) is 56.3 Å². The largest absolute Gasteiger partial charge is 0.480 e. The molecule has 0 aliphatic heterocycles. The minimum Gasteiger partial charge on any atom is -0.480 e. The van der Waals surface area contributed by atoms with E-state index in [1.165, 1.54) is 12.5 Å². The number of hydrogen-bond acceptors (Lipinski definition) is 8. The number of carboxylic acid groups (broad SMARTS) is 1. The third kappa shape index (κ3) is 10.3. The van der Waals surface area contributed by atoms with E-state index < -0.39 is 47.9 Å². The second-order valence-electron chi connectivity index (χ2n) is 10.2. The number of aromatic nitrogens is 3. The van der Waals surface area contributed by atoms with Crippen LogP contribution in [0.15, 0.2) is 48.0 Å². The molecule has 0 aliphatic rings. The maximum Gasteiger partial charge on any atom is 0.326 e. The summed E-state index contributed by atoms with van der Waals surface area (Å²) in [5.41, 5.74) is 18.9. The Labute approximate surface area is 258 Å². The zero-order chi connectivity index (χ0) is 32.1. The zero-order valence-corrected chi connectivity index (χ0v) is 25.2. The molecule has 3 amide bonds. The van der Waals surface area contributed by atoms with Gasteiger partial charge < -0.3 is 48.2 Å². The number of carboxylic acids is 1. The summed E-state index contributed by atoms with van der Waals surface area (Å²) in [7, 11) is 0.